The molecule has 2 fully saturated rings. The molecule has 0 aromatic rings. The molecule has 2 N–H and O–H groups in total. The van der Waals surface area contributed by atoms with Crippen molar-refractivity contribution in [3.8, 4) is 0 Å². The SMILES string of the molecule is CCOC(C)(C)CNC(=O)C1NCC2CCCC21. The lowest BCUT2D eigenvalue weighted by Crippen LogP contribution is -2.48. The van der Waals surface area contributed by atoms with Gasteiger partial charge in [0, 0.05) is 13.2 Å². The smallest absolute Gasteiger partial charge is 0.237 e. The molecule has 0 spiro atoms. The normalized spacial score (nSPS) is 31.4. The van der Waals surface area contributed by atoms with Crippen molar-refractivity contribution in [1.29, 1.82) is 0 Å². The molecule has 3 atom stereocenters. The molecule has 0 bridgehead atoms. The minimum atomic E-state index is -0.280. The van der Waals surface area contributed by atoms with Gasteiger partial charge in [0.15, 0.2) is 0 Å². The van der Waals surface area contributed by atoms with Crippen molar-refractivity contribution in [3.63, 3.8) is 0 Å². The Morgan fingerprint density at radius 3 is 2.94 bits per heavy atom. The number of hydrogen-bond donors (Lipinski definition) is 2. The molecule has 1 aliphatic heterocycles. The van der Waals surface area contributed by atoms with Crippen molar-refractivity contribution < 1.29 is 9.53 Å². The zero-order valence-electron chi connectivity index (χ0n) is 11.8. The maximum atomic E-state index is 12.2. The van der Waals surface area contributed by atoms with Crippen LogP contribution in [-0.4, -0.2) is 37.2 Å². The molecule has 2 aliphatic rings. The van der Waals surface area contributed by atoms with Crippen LogP contribution in [0.4, 0.5) is 0 Å². The summed E-state index contributed by atoms with van der Waals surface area (Å²) in [5.74, 6) is 1.43. The molecule has 0 aromatic heterocycles. The van der Waals surface area contributed by atoms with Gasteiger partial charge in [0.05, 0.1) is 11.6 Å². The standard InChI is InChI=1S/C14H26N2O2/c1-4-18-14(2,3)9-16-13(17)12-11-7-5-6-10(11)8-15-12/h10-12,15H,4-9H2,1-3H3,(H,16,17). The van der Waals surface area contributed by atoms with Crippen LogP contribution in [0.3, 0.4) is 0 Å². The summed E-state index contributed by atoms with van der Waals surface area (Å²) in [5, 5.41) is 6.41. The Morgan fingerprint density at radius 1 is 1.44 bits per heavy atom. The summed E-state index contributed by atoms with van der Waals surface area (Å²) >= 11 is 0. The first-order chi connectivity index (χ1) is 8.53. The average Bonchev–Trinajstić information content (AvgIpc) is 2.87. The van der Waals surface area contributed by atoms with Crippen molar-refractivity contribution in [2.45, 2.75) is 51.7 Å². The lowest BCUT2D eigenvalue weighted by molar-refractivity contribution is -0.125. The van der Waals surface area contributed by atoms with Crippen molar-refractivity contribution in [2.24, 2.45) is 11.8 Å². The Kier molecular flexibility index (Phi) is 4.28. The summed E-state index contributed by atoms with van der Waals surface area (Å²) in [6, 6.07) is 0.0231. The van der Waals surface area contributed by atoms with Crippen LogP contribution in [0.1, 0.15) is 40.0 Å². The van der Waals surface area contributed by atoms with Gasteiger partial charge in [0.2, 0.25) is 5.91 Å². The molecule has 1 saturated carbocycles. The van der Waals surface area contributed by atoms with Gasteiger partial charge in [0.25, 0.3) is 0 Å². The van der Waals surface area contributed by atoms with Crippen LogP contribution in [-0.2, 0) is 9.53 Å². The Hall–Kier alpha value is -0.610. The van der Waals surface area contributed by atoms with E-state index < -0.39 is 0 Å². The maximum Gasteiger partial charge on any atom is 0.237 e. The van der Waals surface area contributed by atoms with Gasteiger partial charge in [-0.25, -0.2) is 0 Å². The monoisotopic (exact) mass is 254 g/mol. The first-order valence-corrected chi connectivity index (χ1v) is 7.18. The first-order valence-electron chi connectivity index (χ1n) is 7.18. The summed E-state index contributed by atoms with van der Waals surface area (Å²) < 4.78 is 5.59. The highest BCUT2D eigenvalue weighted by atomic mass is 16.5. The highest BCUT2D eigenvalue weighted by Crippen LogP contribution is 2.37. The van der Waals surface area contributed by atoms with Gasteiger partial charge in [-0.05, 0) is 52.0 Å². The number of nitrogens with one attached hydrogen (secondary N) is 2. The number of ether oxygens (including phenoxy) is 1. The molecular formula is C14H26N2O2. The zero-order valence-corrected chi connectivity index (χ0v) is 11.8. The van der Waals surface area contributed by atoms with E-state index in [2.05, 4.69) is 10.6 Å². The second-order valence-corrected chi connectivity index (χ2v) is 6.15. The van der Waals surface area contributed by atoms with E-state index in [0.717, 1.165) is 12.5 Å². The largest absolute Gasteiger partial charge is 0.374 e. The molecule has 4 heteroatoms. The second-order valence-electron chi connectivity index (χ2n) is 6.15. The van der Waals surface area contributed by atoms with Gasteiger partial charge in [-0.1, -0.05) is 6.42 Å². The highest BCUT2D eigenvalue weighted by molar-refractivity contribution is 5.82. The van der Waals surface area contributed by atoms with Crippen molar-refractivity contribution >= 4 is 5.91 Å². The minimum absolute atomic E-state index is 0.0231. The summed E-state index contributed by atoms with van der Waals surface area (Å²) in [6.45, 7) is 8.27. The molecular weight excluding hydrogens is 228 g/mol. The topological polar surface area (TPSA) is 50.4 Å². The summed E-state index contributed by atoms with van der Waals surface area (Å²) in [4.78, 5) is 12.2. The van der Waals surface area contributed by atoms with Crippen molar-refractivity contribution in [2.75, 3.05) is 19.7 Å². The van der Waals surface area contributed by atoms with E-state index in [1.807, 2.05) is 20.8 Å². The van der Waals surface area contributed by atoms with E-state index in [9.17, 15) is 4.79 Å². The van der Waals surface area contributed by atoms with E-state index in [4.69, 9.17) is 4.74 Å². The van der Waals surface area contributed by atoms with E-state index in [1.54, 1.807) is 0 Å². The Labute approximate surface area is 110 Å². The Balaban J connectivity index is 1.81. The molecule has 1 heterocycles. The van der Waals surface area contributed by atoms with Gasteiger partial charge >= 0.3 is 0 Å². The van der Waals surface area contributed by atoms with Crippen LogP contribution in [0.25, 0.3) is 0 Å². The van der Waals surface area contributed by atoms with E-state index in [1.165, 1.54) is 19.3 Å². The molecule has 2 rings (SSSR count). The quantitative estimate of drug-likeness (QED) is 0.777. The van der Waals surface area contributed by atoms with Gasteiger partial charge in [-0.15, -0.1) is 0 Å². The third-order valence-electron chi connectivity index (χ3n) is 4.25. The number of carbonyl (C=O) groups is 1. The molecule has 3 unspecified atom stereocenters. The number of carbonyl (C=O) groups excluding carboxylic acids is 1. The van der Waals surface area contributed by atoms with Crippen LogP contribution in [0, 0.1) is 11.8 Å². The minimum Gasteiger partial charge on any atom is -0.374 e. The van der Waals surface area contributed by atoms with Crippen molar-refractivity contribution in [1.82, 2.24) is 10.6 Å². The Bertz CT molecular complexity index is 304. The molecule has 104 valence electrons. The van der Waals surface area contributed by atoms with E-state index in [0.29, 0.717) is 19.1 Å². The molecule has 18 heavy (non-hydrogen) atoms. The number of rotatable bonds is 5. The van der Waals surface area contributed by atoms with Crippen molar-refractivity contribution in [3.05, 3.63) is 0 Å². The molecule has 4 nitrogen and oxygen atoms in total. The fourth-order valence-corrected chi connectivity index (χ4v) is 3.33. The Morgan fingerprint density at radius 2 is 2.22 bits per heavy atom. The highest BCUT2D eigenvalue weighted by Gasteiger charge is 2.42. The third-order valence-corrected chi connectivity index (χ3v) is 4.25. The third kappa shape index (κ3) is 3.04. The fourth-order valence-electron chi connectivity index (χ4n) is 3.33. The molecule has 0 radical (unpaired) electrons. The van der Waals surface area contributed by atoms with Crippen LogP contribution < -0.4 is 10.6 Å². The van der Waals surface area contributed by atoms with E-state index in [-0.39, 0.29) is 17.6 Å². The van der Waals surface area contributed by atoms with Gasteiger partial charge in [-0.2, -0.15) is 0 Å². The summed E-state index contributed by atoms with van der Waals surface area (Å²) in [5.41, 5.74) is -0.280. The molecule has 1 saturated heterocycles. The van der Waals surface area contributed by atoms with Crippen LogP contribution in [0.15, 0.2) is 0 Å². The van der Waals surface area contributed by atoms with Gasteiger partial charge < -0.3 is 15.4 Å². The molecule has 0 aromatic carbocycles. The maximum absolute atomic E-state index is 12.2. The summed E-state index contributed by atoms with van der Waals surface area (Å²) in [7, 11) is 0. The second kappa shape index (κ2) is 5.57. The predicted molar refractivity (Wildman–Crippen MR) is 71.3 cm³/mol. The molecule has 1 amide bonds. The lowest BCUT2D eigenvalue weighted by atomic mass is 9.93. The zero-order chi connectivity index (χ0) is 13.2. The fraction of sp³-hybridized carbons (Fsp3) is 0.929. The lowest BCUT2D eigenvalue weighted by Gasteiger charge is -2.26. The number of hydrogen-bond acceptors (Lipinski definition) is 3. The first kappa shape index (κ1) is 13.8. The van der Waals surface area contributed by atoms with Crippen LogP contribution >= 0.6 is 0 Å². The predicted octanol–water partition coefficient (Wildman–Crippen LogP) is 1.31. The van der Waals surface area contributed by atoms with Gasteiger partial charge in [0.1, 0.15) is 0 Å². The van der Waals surface area contributed by atoms with Gasteiger partial charge in [-0.3, -0.25) is 4.79 Å². The molecule has 1 aliphatic carbocycles. The number of amides is 1. The summed E-state index contributed by atoms with van der Waals surface area (Å²) in [6.07, 6.45) is 3.77. The van der Waals surface area contributed by atoms with Crippen LogP contribution in [0.5, 0.6) is 0 Å². The van der Waals surface area contributed by atoms with Crippen LogP contribution in [0.2, 0.25) is 0 Å². The average molecular weight is 254 g/mol. The number of fused-ring (bicyclic) bond motifs is 1. The van der Waals surface area contributed by atoms with E-state index >= 15 is 0 Å².